The van der Waals surface area contributed by atoms with Gasteiger partial charge in [-0.05, 0) is 55.8 Å². The molecule has 2 aromatic rings. The fourth-order valence-electron chi connectivity index (χ4n) is 2.80. The van der Waals surface area contributed by atoms with Crippen molar-refractivity contribution in [1.29, 1.82) is 0 Å². The smallest absolute Gasteiger partial charge is 0.267 e. The minimum atomic E-state index is -0.977. The van der Waals surface area contributed by atoms with Crippen molar-refractivity contribution in [3.8, 4) is 5.75 Å². The summed E-state index contributed by atoms with van der Waals surface area (Å²) in [6, 6.07) is 14.7. The fraction of sp³-hybridized carbons (Fsp3) is 0.316. The first-order valence-electron chi connectivity index (χ1n) is 7.99. The molecule has 0 spiro atoms. The predicted octanol–water partition coefficient (Wildman–Crippen LogP) is 5.43. The molecule has 132 valence electrons. The Labute approximate surface area is 162 Å². The lowest BCUT2D eigenvalue weighted by Crippen LogP contribution is -2.48. The minimum Gasteiger partial charge on any atom is -0.478 e. The molecule has 0 radical (unpaired) electrons. The molecule has 1 aliphatic heterocycles. The lowest BCUT2D eigenvalue weighted by Gasteiger charge is -2.33. The molecule has 6 heteroatoms. The van der Waals surface area contributed by atoms with E-state index in [4.69, 9.17) is 27.9 Å². The first kappa shape index (κ1) is 18.4. The average Bonchev–Trinajstić information content (AvgIpc) is 3.05. The van der Waals surface area contributed by atoms with Crippen LogP contribution in [0, 0.1) is 0 Å². The van der Waals surface area contributed by atoms with Crippen LogP contribution >= 0.6 is 35.0 Å². The van der Waals surface area contributed by atoms with Crippen LogP contribution in [0.25, 0.3) is 0 Å². The lowest BCUT2D eigenvalue weighted by atomic mass is 10.1. The Kier molecular flexibility index (Phi) is 5.52. The van der Waals surface area contributed by atoms with Gasteiger partial charge in [0.1, 0.15) is 11.1 Å². The number of halogens is 2. The van der Waals surface area contributed by atoms with Gasteiger partial charge in [-0.15, -0.1) is 11.8 Å². The van der Waals surface area contributed by atoms with Crippen LogP contribution in [0.2, 0.25) is 10.0 Å². The summed E-state index contributed by atoms with van der Waals surface area (Å²) < 4.78 is 5.95. The maximum atomic E-state index is 13.1. The van der Waals surface area contributed by atoms with Crippen molar-refractivity contribution >= 4 is 40.9 Å². The Morgan fingerprint density at radius 3 is 2.56 bits per heavy atom. The highest BCUT2D eigenvalue weighted by molar-refractivity contribution is 7.99. The van der Waals surface area contributed by atoms with Gasteiger partial charge in [-0.25, -0.2) is 0 Å². The van der Waals surface area contributed by atoms with Crippen LogP contribution in [-0.4, -0.2) is 28.7 Å². The van der Waals surface area contributed by atoms with E-state index in [1.807, 2.05) is 29.2 Å². The van der Waals surface area contributed by atoms with E-state index >= 15 is 0 Å². The molecule has 1 fully saturated rings. The van der Waals surface area contributed by atoms with Gasteiger partial charge in [-0.3, -0.25) is 4.79 Å². The van der Waals surface area contributed by atoms with Crippen LogP contribution in [-0.2, 0) is 4.79 Å². The molecule has 1 amide bonds. The Hall–Kier alpha value is -1.36. The van der Waals surface area contributed by atoms with Crippen LogP contribution in [0.15, 0.2) is 48.5 Å². The summed E-state index contributed by atoms with van der Waals surface area (Å²) in [5.74, 6) is 1.46. The molecule has 0 aromatic heterocycles. The number of hydrogen-bond donors (Lipinski definition) is 0. The molecule has 1 saturated heterocycles. The maximum absolute atomic E-state index is 13.1. The van der Waals surface area contributed by atoms with E-state index in [1.54, 1.807) is 49.9 Å². The zero-order valence-electron chi connectivity index (χ0n) is 14.0. The summed E-state index contributed by atoms with van der Waals surface area (Å²) in [5, 5.41) is 1.27. The average molecular weight is 396 g/mol. The van der Waals surface area contributed by atoms with E-state index in [9.17, 15) is 4.79 Å². The summed E-state index contributed by atoms with van der Waals surface area (Å²) >= 11 is 13.8. The Morgan fingerprint density at radius 2 is 1.88 bits per heavy atom. The third-order valence-electron chi connectivity index (χ3n) is 3.99. The molecule has 2 aromatic carbocycles. The largest absolute Gasteiger partial charge is 0.478 e. The monoisotopic (exact) mass is 395 g/mol. The number of benzene rings is 2. The normalized spacial score (nSPS) is 17.6. The van der Waals surface area contributed by atoms with E-state index in [0.29, 0.717) is 22.3 Å². The topological polar surface area (TPSA) is 29.5 Å². The zero-order chi connectivity index (χ0) is 18.0. The number of rotatable bonds is 4. The molecule has 0 saturated carbocycles. The van der Waals surface area contributed by atoms with E-state index in [-0.39, 0.29) is 11.3 Å². The summed E-state index contributed by atoms with van der Waals surface area (Å²) in [6.45, 7) is 4.28. The lowest BCUT2D eigenvalue weighted by molar-refractivity contribution is -0.145. The van der Waals surface area contributed by atoms with Crippen molar-refractivity contribution < 1.29 is 9.53 Å². The van der Waals surface area contributed by atoms with Crippen molar-refractivity contribution in [1.82, 2.24) is 4.90 Å². The Morgan fingerprint density at radius 1 is 1.16 bits per heavy atom. The Bertz CT molecular complexity index is 764. The van der Waals surface area contributed by atoms with Crippen molar-refractivity contribution in [2.45, 2.75) is 24.8 Å². The van der Waals surface area contributed by atoms with Crippen molar-refractivity contribution in [3.63, 3.8) is 0 Å². The standard InChI is InChI=1S/C19H19Cl2NO2S/c1-19(2,24-16-8-6-14(20)7-9-16)18(23)22-10-11-25-17(22)13-4-3-5-15(21)12-13/h3-9,12,17H,10-11H2,1-2H3. The highest BCUT2D eigenvalue weighted by Gasteiger charge is 2.40. The molecule has 0 N–H and O–H groups in total. The highest BCUT2D eigenvalue weighted by atomic mass is 35.5. The molecule has 1 unspecified atom stereocenters. The summed E-state index contributed by atoms with van der Waals surface area (Å²) in [6.07, 6.45) is 0. The molecule has 1 heterocycles. The van der Waals surface area contributed by atoms with Gasteiger partial charge >= 0.3 is 0 Å². The van der Waals surface area contributed by atoms with Gasteiger partial charge in [0, 0.05) is 22.3 Å². The zero-order valence-corrected chi connectivity index (χ0v) is 16.4. The van der Waals surface area contributed by atoms with Crippen LogP contribution < -0.4 is 4.74 Å². The second kappa shape index (κ2) is 7.48. The van der Waals surface area contributed by atoms with Gasteiger partial charge in [0.2, 0.25) is 0 Å². The molecule has 3 nitrogen and oxygen atoms in total. The van der Waals surface area contributed by atoms with Crippen molar-refractivity contribution in [2.24, 2.45) is 0 Å². The number of carbonyl (C=O) groups excluding carboxylic acids is 1. The van der Waals surface area contributed by atoms with Gasteiger partial charge < -0.3 is 9.64 Å². The summed E-state index contributed by atoms with van der Waals surface area (Å²) in [5.41, 5.74) is 0.0564. The number of carbonyl (C=O) groups is 1. The van der Waals surface area contributed by atoms with Gasteiger partial charge in [0.25, 0.3) is 5.91 Å². The molecule has 25 heavy (non-hydrogen) atoms. The van der Waals surface area contributed by atoms with Gasteiger partial charge in [-0.2, -0.15) is 0 Å². The van der Waals surface area contributed by atoms with Crippen molar-refractivity contribution in [3.05, 3.63) is 64.1 Å². The van der Waals surface area contributed by atoms with Gasteiger partial charge in [0.05, 0.1) is 0 Å². The number of nitrogens with zero attached hydrogens (tertiary/aromatic N) is 1. The van der Waals surface area contributed by atoms with E-state index in [0.717, 1.165) is 11.3 Å². The summed E-state index contributed by atoms with van der Waals surface area (Å²) in [4.78, 5) is 15.0. The Balaban J connectivity index is 1.79. The molecule has 1 atom stereocenters. The van der Waals surface area contributed by atoms with Gasteiger partial charge in [0.15, 0.2) is 5.60 Å². The van der Waals surface area contributed by atoms with Crippen LogP contribution in [0.5, 0.6) is 5.75 Å². The maximum Gasteiger partial charge on any atom is 0.267 e. The fourth-order valence-corrected chi connectivity index (χ4v) is 4.37. The third-order valence-corrected chi connectivity index (χ3v) is 5.74. The van der Waals surface area contributed by atoms with Gasteiger partial charge in [-0.1, -0.05) is 35.3 Å². The quantitative estimate of drug-likeness (QED) is 0.691. The highest BCUT2D eigenvalue weighted by Crippen LogP contribution is 2.40. The second-order valence-electron chi connectivity index (χ2n) is 6.34. The molecular weight excluding hydrogens is 377 g/mol. The minimum absolute atomic E-state index is 0.0423. The number of ether oxygens (including phenoxy) is 1. The molecule has 1 aliphatic rings. The third kappa shape index (κ3) is 4.25. The van der Waals surface area contributed by atoms with Crippen molar-refractivity contribution in [2.75, 3.05) is 12.3 Å². The molecular formula is C19H19Cl2NO2S. The number of hydrogen-bond acceptors (Lipinski definition) is 3. The van der Waals surface area contributed by atoms with E-state index in [1.165, 1.54) is 0 Å². The van der Waals surface area contributed by atoms with E-state index < -0.39 is 5.60 Å². The van der Waals surface area contributed by atoms with Crippen LogP contribution in [0.3, 0.4) is 0 Å². The molecule has 0 bridgehead atoms. The number of thioether (sulfide) groups is 1. The first-order chi connectivity index (χ1) is 11.9. The van der Waals surface area contributed by atoms with Crippen LogP contribution in [0.4, 0.5) is 0 Å². The van der Waals surface area contributed by atoms with E-state index in [2.05, 4.69) is 0 Å². The molecule has 0 aliphatic carbocycles. The predicted molar refractivity (Wildman–Crippen MR) is 105 cm³/mol. The first-order valence-corrected chi connectivity index (χ1v) is 9.80. The van der Waals surface area contributed by atoms with Crippen LogP contribution in [0.1, 0.15) is 24.8 Å². The number of amides is 1. The SMILES string of the molecule is CC(C)(Oc1ccc(Cl)cc1)C(=O)N1CCSC1c1cccc(Cl)c1. The molecule has 3 rings (SSSR count). The summed E-state index contributed by atoms with van der Waals surface area (Å²) in [7, 11) is 0. The second-order valence-corrected chi connectivity index (χ2v) is 8.40.